The lowest BCUT2D eigenvalue weighted by atomic mass is 10.0. The number of nitrogens with one attached hydrogen (secondary N) is 1. The number of nitrogens with zero attached hydrogens (tertiary/aromatic N) is 2. The lowest BCUT2D eigenvalue weighted by Gasteiger charge is -2.15. The van der Waals surface area contributed by atoms with Gasteiger partial charge >= 0.3 is 10.3 Å². The van der Waals surface area contributed by atoms with Crippen molar-refractivity contribution in [1.82, 2.24) is 9.97 Å². The number of thiophene rings is 1. The minimum Gasteiger partial charge on any atom is -0.384 e. The third kappa shape index (κ3) is 6.26. The predicted molar refractivity (Wildman–Crippen MR) is 132 cm³/mol. The number of aliphatic hydroxyl groups is 1. The fourth-order valence-electron chi connectivity index (χ4n) is 3.97. The van der Waals surface area contributed by atoms with E-state index >= 15 is 0 Å². The highest BCUT2D eigenvalue weighted by Gasteiger charge is 2.28. The summed E-state index contributed by atoms with van der Waals surface area (Å²) in [4.78, 5) is 22.0. The Bertz CT molecular complexity index is 1280. The van der Waals surface area contributed by atoms with Crippen LogP contribution in [0, 0.1) is 5.92 Å². The molecular formula is C22H23BrN4O5S2. The number of aromatic nitrogens is 2. The molecule has 3 atom stereocenters. The van der Waals surface area contributed by atoms with Gasteiger partial charge in [-0.15, -0.1) is 11.3 Å². The maximum atomic E-state index is 13.2. The second-order valence-corrected chi connectivity index (χ2v) is 11.2. The topological polar surface area (TPSA) is 144 Å². The number of rotatable bonds is 9. The molecule has 1 fully saturated rings. The molecule has 1 unspecified atom stereocenters. The summed E-state index contributed by atoms with van der Waals surface area (Å²) in [5, 5.41) is 20.7. The molecule has 0 bridgehead atoms. The SMILES string of the molecule is NS(=O)(=O)OC[C@@H]1CC[C@H](Nc2ncncc2C(=O)c2cc(C(O)c3cccc(Br)c3)cs2)C1. The normalized spacial score (nSPS) is 19.1. The van der Waals surface area contributed by atoms with E-state index < -0.39 is 16.4 Å². The average Bonchev–Trinajstić information content (AvgIpc) is 3.47. The Balaban J connectivity index is 1.45. The molecule has 34 heavy (non-hydrogen) atoms. The molecular weight excluding hydrogens is 544 g/mol. The Morgan fingerprint density at radius 2 is 2.15 bits per heavy atom. The highest BCUT2D eigenvalue weighted by atomic mass is 79.9. The van der Waals surface area contributed by atoms with E-state index in [9.17, 15) is 18.3 Å². The Morgan fingerprint density at radius 1 is 1.32 bits per heavy atom. The predicted octanol–water partition coefficient (Wildman–Crippen LogP) is 3.41. The van der Waals surface area contributed by atoms with Gasteiger partial charge in [-0.25, -0.2) is 15.1 Å². The van der Waals surface area contributed by atoms with Crippen LogP contribution < -0.4 is 10.5 Å². The van der Waals surface area contributed by atoms with Gasteiger partial charge in [-0.2, -0.15) is 8.42 Å². The first-order chi connectivity index (χ1) is 16.2. The van der Waals surface area contributed by atoms with Gasteiger partial charge in [0.2, 0.25) is 5.78 Å². The summed E-state index contributed by atoms with van der Waals surface area (Å²) in [6.45, 7) is 0.0326. The quantitative estimate of drug-likeness (QED) is 0.334. The fraction of sp³-hybridized carbons (Fsp3) is 0.318. The van der Waals surface area contributed by atoms with Crippen LogP contribution >= 0.6 is 27.3 Å². The summed E-state index contributed by atoms with van der Waals surface area (Å²) in [6.07, 6.45) is 4.19. The zero-order chi connectivity index (χ0) is 24.3. The molecule has 2 aromatic heterocycles. The fourth-order valence-corrected chi connectivity index (χ4v) is 5.65. The number of aliphatic hydroxyl groups excluding tert-OH is 1. The number of benzene rings is 1. The van der Waals surface area contributed by atoms with Crippen LogP contribution in [0.4, 0.5) is 5.82 Å². The minimum atomic E-state index is -3.97. The van der Waals surface area contributed by atoms with Crippen LogP contribution in [0.25, 0.3) is 0 Å². The minimum absolute atomic E-state index is 0.00720. The second kappa shape index (κ2) is 10.6. The van der Waals surface area contributed by atoms with Crippen LogP contribution in [-0.2, 0) is 14.5 Å². The van der Waals surface area contributed by atoms with Crippen molar-refractivity contribution in [1.29, 1.82) is 0 Å². The first kappa shape index (κ1) is 24.9. The number of anilines is 1. The van der Waals surface area contributed by atoms with Crippen molar-refractivity contribution in [3.63, 3.8) is 0 Å². The molecule has 1 aliphatic carbocycles. The zero-order valence-electron chi connectivity index (χ0n) is 17.9. The number of hydrogen-bond donors (Lipinski definition) is 3. The standard InChI is InChI=1S/C22H23BrN4O5S2/c23-16-3-1-2-14(7-16)20(28)15-8-19(33-11-15)21(29)18-9-25-12-26-22(18)27-17-5-4-13(6-17)10-32-34(24,30)31/h1-3,7-9,11-13,17,20,28H,4-6,10H2,(H2,24,30,31)(H,25,26,27)/t13-,17+,20?/m1/s1. The van der Waals surface area contributed by atoms with Crippen molar-refractivity contribution in [3.05, 3.63) is 74.3 Å². The molecule has 0 spiro atoms. The third-order valence-corrected chi connectivity index (χ3v) is 7.54. The molecule has 12 heteroatoms. The molecule has 9 nitrogen and oxygen atoms in total. The summed E-state index contributed by atoms with van der Waals surface area (Å²) >= 11 is 4.65. The van der Waals surface area contributed by atoms with Gasteiger partial charge in [0.15, 0.2) is 0 Å². The van der Waals surface area contributed by atoms with Crippen LogP contribution in [0.2, 0.25) is 0 Å². The summed E-state index contributed by atoms with van der Waals surface area (Å²) in [6, 6.07) is 9.07. The maximum absolute atomic E-state index is 13.2. The zero-order valence-corrected chi connectivity index (χ0v) is 21.1. The van der Waals surface area contributed by atoms with Gasteiger partial charge in [-0.3, -0.25) is 8.98 Å². The lowest BCUT2D eigenvalue weighted by molar-refractivity contribution is 0.104. The number of carbonyl (C=O) groups is 1. The molecule has 4 N–H and O–H groups in total. The summed E-state index contributed by atoms with van der Waals surface area (Å²) in [7, 11) is -3.97. The number of nitrogens with two attached hydrogens (primary N) is 1. The van der Waals surface area contributed by atoms with E-state index in [4.69, 9.17) is 9.32 Å². The van der Waals surface area contributed by atoms with Crippen LogP contribution in [0.1, 0.15) is 51.7 Å². The van der Waals surface area contributed by atoms with Gasteiger partial charge in [0.1, 0.15) is 18.2 Å². The van der Waals surface area contributed by atoms with E-state index in [1.807, 2.05) is 24.3 Å². The Morgan fingerprint density at radius 3 is 2.91 bits per heavy atom. The molecule has 0 saturated heterocycles. The Hall–Kier alpha value is -2.22. The maximum Gasteiger partial charge on any atom is 0.333 e. The molecule has 1 aromatic carbocycles. The van der Waals surface area contributed by atoms with Crippen LogP contribution in [-0.4, -0.2) is 41.9 Å². The van der Waals surface area contributed by atoms with Crippen LogP contribution in [0.5, 0.6) is 0 Å². The highest BCUT2D eigenvalue weighted by Crippen LogP contribution is 2.32. The van der Waals surface area contributed by atoms with E-state index in [1.165, 1.54) is 23.9 Å². The van der Waals surface area contributed by atoms with E-state index in [-0.39, 0.29) is 24.3 Å². The van der Waals surface area contributed by atoms with Crippen molar-refractivity contribution < 1.29 is 22.5 Å². The van der Waals surface area contributed by atoms with Gasteiger partial charge in [-0.1, -0.05) is 28.1 Å². The monoisotopic (exact) mass is 566 g/mol. The molecule has 4 rings (SSSR count). The van der Waals surface area contributed by atoms with Crippen LogP contribution in [0.15, 0.2) is 52.7 Å². The van der Waals surface area contributed by atoms with E-state index in [0.717, 1.165) is 22.9 Å². The van der Waals surface area contributed by atoms with E-state index in [2.05, 4.69) is 31.2 Å². The van der Waals surface area contributed by atoms with Crippen molar-refractivity contribution >= 4 is 49.2 Å². The van der Waals surface area contributed by atoms with Gasteiger partial charge in [-0.05, 0) is 59.9 Å². The van der Waals surface area contributed by atoms with Gasteiger partial charge < -0.3 is 10.4 Å². The van der Waals surface area contributed by atoms with E-state index in [1.54, 1.807) is 11.4 Å². The molecule has 2 heterocycles. The van der Waals surface area contributed by atoms with Gasteiger partial charge in [0.05, 0.1) is 17.0 Å². The molecule has 3 aromatic rings. The molecule has 1 saturated carbocycles. The Labute approximate surface area is 209 Å². The van der Waals surface area contributed by atoms with E-state index in [0.29, 0.717) is 28.2 Å². The van der Waals surface area contributed by atoms with Crippen molar-refractivity contribution in [3.8, 4) is 0 Å². The highest BCUT2D eigenvalue weighted by molar-refractivity contribution is 9.10. The molecule has 1 aliphatic rings. The Kier molecular flexibility index (Phi) is 7.75. The van der Waals surface area contributed by atoms with Crippen molar-refractivity contribution in [2.75, 3.05) is 11.9 Å². The van der Waals surface area contributed by atoms with Gasteiger partial charge in [0.25, 0.3) is 0 Å². The largest absolute Gasteiger partial charge is 0.384 e. The molecule has 0 aliphatic heterocycles. The van der Waals surface area contributed by atoms with Crippen molar-refractivity contribution in [2.45, 2.75) is 31.4 Å². The van der Waals surface area contributed by atoms with Crippen molar-refractivity contribution in [2.24, 2.45) is 11.1 Å². The third-order valence-electron chi connectivity index (χ3n) is 5.63. The first-order valence-corrected chi connectivity index (χ1v) is 13.6. The van der Waals surface area contributed by atoms with Gasteiger partial charge in [0, 0.05) is 16.7 Å². The smallest absolute Gasteiger partial charge is 0.333 e. The summed E-state index contributed by atoms with van der Waals surface area (Å²) < 4.78 is 27.6. The summed E-state index contributed by atoms with van der Waals surface area (Å²) in [5.41, 5.74) is 1.68. The molecule has 180 valence electrons. The molecule has 0 radical (unpaired) electrons. The first-order valence-electron chi connectivity index (χ1n) is 10.5. The number of ketones is 1. The number of halogens is 1. The van der Waals surface area contributed by atoms with Crippen LogP contribution in [0.3, 0.4) is 0 Å². The lowest BCUT2D eigenvalue weighted by Crippen LogP contribution is -2.22. The number of hydrogen-bond acceptors (Lipinski definition) is 9. The number of carbonyl (C=O) groups excluding carboxylic acids is 1. The average molecular weight is 567 g/mol. The summed E-state index contributed by atoms with van der Waals surface area (Å²) in [5.74, 6) is 0.213. The second-order valence-electron chi connectivity index (χ2n) is 8.11. The molecule has 0 amide bonds.